The Morgan fingerprint density at radius 3 is 2.77 bits per heavy atom. The molecule has 3 heteroatoms. The van der Waals surface area contributed by atoms with Crippen LogP contribution in [-0.2, 0) is 0 Å². The standard InChI is InChI=1S/C10H23N3/c1-9(2)12(3)10-4-6-13(8-10)7-5-11/h9-10H,4-8,11H2,1-3H3/t10-/m1/s1. The van der Waals surface area contributed by atoms with E-state index in [0.29, 0.717) is 6.04 Å². The molecule has 0 aromatic heterocycles. The molecule has 0 saturated carbocycles. The first-order valence-electron chi connectivity index (χ1n) is 5.29. The molecule has 1 aliphatic rings. The topological polar surface area (TPSA) is 32.5 Å². The molecule has 1 aliphatic heterocycles. The maximum Gasteiger partial charge on any atom is 0.0235 e. The van der Waals surface area contributed by atoms with Crippen LogP contribution >= 0.6 is 0 Å². The Labute approximate surface area is 81.9 Å². The minimum absolute atomic E-state index is 0.655. The molecule has 0 bridgehead atoms. The van der Waals surface area contributed by atoms with Crippen molar-refractivity contribution in [2.75, 3.05) is 33.2 Å². The van der Waals surface area contributed by atoms with E-state index >= 15 is 0 Å². The first kappa shape index (κ1) is 11.0. The Balaban J connectivity index is 2.31. The summed E-state index contributed by atoms with van der Waals surface area (Å²) in [6.07, 6.45) is 1.30. The van der Waals surface area contributed by atoms with E-state index in [1.165, 1.54) is 19.5 Å². The molecular formula is C10H23N3. The molecule has 1 atom stereocenters. The van der Waals surface area contributed by atoms with Gasteiger partial charge in [0.15, 0.2) is 0 Å². The third kappa shape index (κ3) is 2.93. The maximum absolute atomic E-state index is 5.53. The van der Waals surface area contributed by atoms with Gasteiger partial charge in [-0.1, -0.05) is 0 Å². The number of hydrogen-bond acceptors (Lipinski definition) is 3. The summed E-state index contributed by atoms with van der Waals surface area (Å²) in [6.45, 7) is 8.78. The van der Waals surface area contributed by atoms with Gasteiger partial charge < -0.3 is 10.6 Å². The predicted octanol–water partition coefficient (Wildman–Crippen LogP) is 0.360. The third-order valence-electron chi connectivity index (χ3n) is 3.08. The highest BCUT2D eigenvalue weighted by Gasteiger charge is 2.25. The highest BCUT2D eigenvalue weighted by atomic mass is 15.2. The summed E-state index contributed by atoms with van der Waals surface area (Å²) in [4.78, 5) is 4.93. The number of hydrogen-bond donors (Lipinski definition) is 1. The predicted molar refractivity (Wildman–Crippen MR) is 56.8 cm³/mol. The van der Waals surface area contributed by atoms with Gasteiger partial charge in [-0.25, -0.2) is 0 Å². The van der Waals surface area contributed by atoms with Crippen molar-refractivity contribution in [3.05, 3.63) is 0 Å². The fraction of sp³-hybridized carbons (Fsp3) is 1.00. The van der Waals surface area contributed by atoms with Gasteiger partial charge in [0.1, 0.15) is 0 Å². The van der Waals surface area contributed by atoms with Crippen LogP contribution in [-0.4, -0.2) is 55.1 Å². The minimum Gasteiger partial charge on any atom is -0.329 e. The van der Waals surface area contributed by atoms with Crippen LogP contribution in [0.4, 0.5) is 0 Å². The molecule has 13 heavy (non-hydrogen) atoms. The Morgan fingerprint density at radius 2 is 2.23 bits per heavy atom. The van der Waals surface area contributed by atoms with E-state index in [0.717, 1.165) is 19.1 Å². The fourth-order valence-corrected chi connectivity index (χ4v) is 1.95. The summed E-state index contributed by atoms with van der Waals surface area (Å²) in [7, 11) is 2.22. The van der Waals surface area contributed by atoms with Crippen molar-refractivity contribution in [1.82, 2.24) is 9.80 Å². The van der Waals surface area contributed by atoms with E-state index in [1.54, 1.807) is 0 Å². The summed E-state index contributed by atoms with van der Waals surface area (Å²) in [5.74, 6) is 0. The smallest absolute Gasteiger partial charge is 0.0235 e. The normalized spacial score (nSPS) is 24.9. The quantitative estimate of drug-likeness (QED) is 0.686. The van der Waals surface area contributed by atoms with Crippen LogP contribution in [0.2, 0.25) is 0 Å². The molecular weight excluding hydrogens is 162 g/mol. The van der Waals surface area contributed by atoms with Gasteiger partial charge >= 0.3 is 0 Å². The van der Waals surface area contributed by atoms with E-state index in [1.807, 2.05) is 0 Å². The highest BCUT2D eigenvalue weighted by Crippen LogP contribution is 2.15. The fourth-order valence-electron chi connectivity index (χ4n) is 1.95. The lowest BCUT2D eigenvalue weighted by atomic mass is 10.2. The van der Waals surface area contributed by atoms with Gasteiger partial charge in [0.25, 0.3) is 0 Å². The summed E-state index contributed by atoms with van der Waals surface area (Å²) in [5, 5.41) is 0. The average molecular weight is 185 g/mol. The summed E-state index contributed by atoms with van der Waals surface area (Å²) in [6, 6.07) is 1.40. The molecule has 78 valence electrons. The minimum atomic E-state index is 0.655. The molecule has 0 spiro atoms. The van der Waals surface area contributed by atoms with Gasteiger partial charge in [-0.05, 0) is 33.9 Å². The molecule has 0 aliphatic carbocycles. The molecule has 1 rings (SSSR count). The van der Waals surface area contributed by atoms with Crippen molar-refractivity contribution >= 4 is 0 Å². The highest BCUT2D eigenvalue weighted by molar-refractivity contribution is 4.83. The Bertz CT molecular complexity index is 147. The number of rotatable bonds is 4. The number of nitrogens with two attached hydrogens (primary N) is 1. The van der Waals surface area contributed by atoms with Crippen LogP contribution in [0.3, 0.4) is 0 Å². The Hall–Kier alpha value is -0.120. The zero-order chi connectivity index (χ0) is 9.84. The maximum atomic E-state index is 5.53. The molecule has 0 aromatic carbocycles. The first-order valence-corrected chi connectivity index (χ1v) is 5.29. The van der Waals surface area contributed by atoms with Crippen molar-refractivity contribution in [2.24, 2.45) is 5.73 Å². The molecule has 0 radical (unpaired) electrons. The molecule has 0 unspecified atom stereocenters. The summed E-state index contributed by atoms with van der Waals surface area (Å²) in [5.41, 5.74) is 5.53. The molecule has 0 aromatic rings. The zero-order valence-corrected chi connectivity index (χ0v) is 9.16. The van der Waals surface area contributed by atoms with E-state index in [9.17, 15) is 0 Å². The first-order chi connectivity index (χ1) is 6.15. The van der Waals surface area contributed by atoms with Crippen molar-refractivity contribution < 1.29 is 0 Å². The van der Waals surface area contributed by atoms with Gasteiger partial charge in [-0.15, -0.1) is 0 Å². The molecule has 1 fully saturated rings. The molecule has 0 amide bonds. The van der Waals surface area contributed by atoms with Gasteiger partial charge in [0.2, 0.25) is 0 Å². The van der Waals surface area contributed by atoms with Crippen LogP contribution in [0.15, 0.2) is 0 Å². The van der Waals surface area contributed by atoms with Crippen LogP contribution in [0, 0.1) is 0 Å². The van der Waals surface area contributed by atoms with E-state index in [4.69, 9.17) is 5.73 Å². The Kier molecular flexibility index (Phi) is 4.16. The van der Waals surface area contributed by atoms with Gasteiger partial charge in [0, 0.05) is 31.7 Å². The molecule has 2 N–H and O–H groups in total. The summed E-state index contributed by atoms with van der Waals surface area (Å²) < 4.78 is 0. The lowest BCUT2D eigenvalue weighted by Gasteiger charge is -2.28. The number of nitrogens with zero attached hydrogens (tertiary/aromatic N) is 2. The van der Waals surface area contributed by atoms with E-state index in [-0.39, 0.29) is 0 Å². The van der Waals surface area contributed by atoms with Gasteiger partial charge in [-0.3, -0.25) is 4.90 Å². The second-order valence-corrected chi connectivity index (χ2v) is 4.29. The van der Waals surface area contributed by atoms with Crippen LogP contribution < -0.4 is 5.73 Å². The van der Waals surface area contributed by atoms with Crippen molar-refractivity contribution in [3.63, 3.8) is 0 Å². The zero-order valence-electron chi connectivity index (χ0n) is 9.16. The van der Waals surface area contributed by atoms with E-state index in [2.05, 4.69) is 30.7 Å². The summed E-state index contributed by atoms with van der Waals surface area (Å²) >= 11 is 0. The molecule has 1 heterocycles. The molecule has 3 nitrogen and oxygen atoms in total. The van der Waals surface area contributed by atoms with Gasteiger partial charge in [-0.2, -0.15) is 0 Å². The van der Waals surface area contributed by atoms with Crippen LogP contribution in [0.25, 0.3) is 0 Å². The number of likely N-dealkylation sites (N-methyl/N-ethyl adjacent to an activating group) is 1. The second-order valence-electron chi connectivity index (χ2n) is 4.29. The van der Waals surface area contributed by atoms with Crippen LogP contribution in [0.1, 0.15) is 20.3 Å². The third-order valence-corrected chi connectivity index (χ3v) is 3.08. The van der Waals surface area contributed by atoms with E-state index < -0.39 is 0 Å². The van der Waals surface area contributed by atoms with Gasteiger partial charge in [0.05, 0.1) is 0 Å². The van der Waals surface area contributed by atoms with Crippen molar-refractivity contribution in [1.29, 1.82) is 0 Å². The monoisotopic (exact) mass is 185 g/mol. The Morgan fingerprint density at radius 1 is 1.54 bits per heavy atom. The average Bonchev–Trinajstić information content (AvgIpc) is 2.52. The lowest BCUT2D eigenvalue weighted by molar-refractivity contribution is 0.192. The van der Waals surface area contributed by atoms with Crippen LogP contribution in [0.5, 0.6) is 0 Å². The molecule has 1 saturated heterocycles. The van der Waals surface area contributed by atoms with Crippen molar-refractivity contribution in [3.8, 4) is 0 Å². The lowest BCUT2D eigenvalue weighted by Crippen LogP contribution is -2.39. The largest absolute Gasteiger partial charge is 0.329 e. The SMILES string of the molecule is CC(C)N(C)[C@@H]1CCN(CCN)C1. The second kappa shape index (κ2) is 4.94. The van der Waals surface area contributed by atoms with Crippen molar-refractivity contribution in [2.45, 2.75) is 32.4 Å². The number of likely N-dealkylation sites (tertiary alicyclic amines) is 1.